The number of benzene rings is 1. The number of nitro groups is 1. The van der Waals surface area contributed by atoms with Gasteiger partial charge in [0.05, 0.1) is 23.7 Å². The Kier molecular flexibility index (Phi) is 4.63. The molecule has 0 saturated heterocycles. The van der Waals surface area contributed by atoms with Crippen LogP contribution in [0.3, 0.4) is 0 Å². The summed E-state index contributed by atoms with van der Waals surface area (Å²) in [4.78, 5) is 10.3. The Morgan fingerprint density at radius 2 is 1.94 bits per heavy atom. The second-order valence-corrected chi connectivity index (χ2v) is 4.39. The monoisotopic (exact) mass is 254 g/mol. The molecule has 0 amide bonds. The van der Waals surface area contributed by atoms with Gasteiger partial charge in [-0.25, -0.2) is 0 Å². The van der Waals surface area contributed by atoms with E-state index >= 15 is 0 Å². The van der Waals surface area contributed by atoms with Crippen LogP contribution in [-0.4, -0.2) is 33.9 Å². The van der Waals surface area contributed by atoms with Crippen LogP contribution in [0.4, 0.5) is 11.4 Å². The number of rotatable bonds is 6. The molecular formula is C12H18N2O4. The number of aliphatic hydroxyl groups is 2. The largest absolute Gasteiger partial charge is 0.394 e. The van der Waals surface area contributed by atoms with Crippen LogP contribution >= 0.6 is 0 Å². The highest BCUT2D eigenvalue weighted by molar-refractivity contribution is 5.55. The van der Waals surface area contributed by atoms with Gasteiger partial charge < -0.3 is 15.5 Å². The molecule has 0 bridgehead atoms. The van der Waals surface area contributed by atoms with Gasteiger partial charge in [0.2, 0.25) is 0 Å². The Hall–Kier alpha value is -1.66. The molecule has 0 aliphatic heterocycles. The zero-order chi connectivity index (χ0) is 13.8. The summed E-state index contributed by atoms with van der Waals surface area (Å²) in [6.07, 6.45) is 0.502. The number of nitro benzene ring substituents is 1. The van der Waals surface area contributed by atoms with Crippen LogP contribution in [0, 0.1) is 17.0 Å². The van der Waals surface area contributed by atoms with Crippen molar-refractivity contribution in [1.29, 1.82) is 0 Å². The summed E-state index contributed by atoms with van der Waals surface area (Å²) >= 11 is 0. The Labute approximate surface area is 105 Å². The Balaban J connectivity index is 3.06. The van der Waals surface area contributed by atoms with E-state index in [1.54, 1.807) is 13.0 Å². The minimum atomic E-state index is -0.859. The SMILES string of the molecule is CCC(CO)(CO)Nc1cc(C)cc([N+](=O)[O-])c1. The van der Waals surface area contributed by atoms with Crippen molar-refractivity contribution in [2.45, 2.75) is 25.8 Å². The quantitative estimate of drug-likeness (QED) is 0.527. The van der Waals surface area contributed by atoms with E-state index in [0.29, 0.717) is 12.1 Å². The highest BCUT2D eigenvalue weighted by atomic mass is 16.6. The normalized spacial score (nSPS) is 11.3. The number of nitrogens with zero attached hydrogens (tertiary/aromatic N) is 1. The van der Waals surface area contributed by atoms with E-state index in [0.717, 1.165) is 5.56 Å². The fourth-order valence-corrected chi connectivity index (χ4v) is 1.69. The topological polar surface area (TPSA) is 95.6 Å². The van der Waals surface area contributed by atoms with Crippen LogP contribution in [0.1, 0.15) is 18.9 Å². The predicted molar refractivity (Wildman–Crippen MR) is 68.6 cm³/mol. The molecule has 0 saturated carbocycles. The molecule has 1 rings (SSSR count). The first-order valence-corrected chi connectivity index (χ1v) is 5.72. The summed E-state index contributed by atoms with van der Waals surface area (Å²) in [6.45, 7) is 3.08. The molecule has 1 aromatic rings. The van der Waals surface area contributed by atoms with E-state index < -0.39 is 10.5 Å². The van der Waals surface area contributed by atoms with Crippen molar-refractivity contribution in [3.8, 4) is 0 Å². The van der Waals surface area contributed by atoms with Crippen LogP contribution in [0.25, 0.3) is 0 Å². The molecule has 0 aromatic heterocycles. The van der Waals surface area contributed by atoms with Gasteiger partial charge in [0.25, 0.3) is 5.69 Å². The number of non-ortho nitro benzene ring substituents is 1. The summed E-state index contributed by atoms with van der Waals surface area (Å²) in [6, 6.07) is 4.60. The van der Waals surface area contributed by atoms with Gasteiger partial charge in [0.15, 0.2) is 0 Å². The lowest BCUT2D eigenvalue weighted by molar-refractivity contribution is -0.384. The standard InChI is InChI=1S/C12H18N2O4/c1-3-12(7-15,8-16)13-10-4-9(2)5-11(6-10)14(17)18/h4-6,13,15-16H,3,7-8H2,1-2H3. The van der Waals surface area contributed by atoms with E-state index in [1.807, 2.05) is 6.92 Å². The third-order valence-electron chi connectivity index (χ3n) is 2.96. The van der Waals surface area contributed by atoms with Crippen LogP contribution in [0.15, 0.2) is 18.2 Å². The summed E-state index contributed by atoms with van der Waals surface area (Å²) in [5.41, 5.74) is 0.388. The zero-order valence-electron chi connectivity index (χ0n) is 10.5. The van der Waals surface area contributed by atoms with Gasteiger partial charge in [-0.2, -0.15) is 0 Å². The molecule has 6 heteroatoms. The maximum atomic E-state index is 10.8. The van der Waals surface area contributed by atoms with Gasteiger partial charge in [-0.05, 0) is 25.0 Å². The van der Waals surface area contributed by atoms with Crippen LogP contribution in [0.5, 0.6) is 0 Å². The van der Waals surface area contributed by atoms with Gasteiger partial charge in [0, 0.05) is 17.8 Å². The lowest BCUT2D eigenvalue weighted by Gasteiger charge is -2.30. The molecule has 0 heterocycles. The first-order valence-electron chi connectivity index (χ1n) is 5.72. The molecule has 18 heavy (non-hydrogen) atoms. The highest BCUT2D eigenvalue weighted by Gasteiger charge is 2.26. The number of hydrogen-bond donors (Lipinski definition) is 3. The van der Waals surface area contributed by atoms with E-state index in [1.165, 1.54) is 12.1 Å². The smallest absolute Gasteiger partial charge is 0.271 e. The van der Waals surface area contributed by atoms with Crippen LogP contribution in [0.2, 0.25) is 0 Å². The molecule has 0 aliphatic rings. The van der Waals surface area contributed by atoms with Crippen molar-refractivity contribution in [3.63, 3.8) is 0 Å². The average molecular weight is 254 g/mol. The molecule has 0 spiro atoms. The van der Waals surface area contributed by atoms with Gasteiger partial charge in [-0.3, -0.25) is 10.1 Å². The molecule has 3 N–H and O–H groups in total. The van der Waals surface area contributed by atoms with Crippen molar-refractivity contribution >= 4 is 11.4 Å². The minimum absolute atomic E-state index is 0.0154. The molecule has 1 aromatic carbocycles. The predicted octanol–water partition coefficient (Wildman–Crippen LogP) is 1.45. The van der Waals surface area contributed by atoms with Gasteiger partial charge in [0.1, 0.15) is 0 Å². The molecular weight excluding hydrogens is 236 g/mol. The maximum Gasteiger partial charge on any atom is 0.271 e. The van der Waals surface area contributed by atoms with Crippen molar-refractivity contribution < 1.29 is 15.1 Å². The number of nitrogens with one attached hydrogen (secondary N) is 1. The van der Waals surface area contributed by atoms with Gasteiger partial charge in [-0.15, -0.1) is 0 Å². The fourth-order valence-electron chi connectivity index (χ4n) is 1.69. The molecule has 0 atom stereocenters. The number of aliphatic hydroxyl groups excluding tert-OH is 2. The van der Waals surface area contributed by atoms with Gasteiger partial charge >= 0.3 is 0 Å². The van der Waals surface area contributed by atoms with Crippen LogP contribution < -0.4 is 5.32 Å². The first kappa shape index (κ1) is 14.4. The zero-order valence-corrected chi connectivity index (χ0v) is 10.5. The molecule has 0 radical (unpaired) electrons. The fraction of sp³-hybridized carbons (Fsp3) is 0.500. The lowest BCUT2D eigenvalue weighted by atomic mass is 9.97. The second kappa shape index (κ2) is 5.79. The summed E-state index contributed by atoms with van der Waals surface area (Å²) in [5, 5.41) is 32.4. The molecule has 100 valence electrons. The first-order chi connectivity index (χ1) is 8.46. The van der Waals surface area contributed by atoms with Gasteiger partial charge in [-0.1, -0.05) is 6.92 Å². The second-order valence-electron chi connectivity index (χ2n) is 4.39. The molecule has 0 fully saturated rings. The number of aryl methyl sites for hydroxylation is 1. The average Bonchev–Trinajstić information content (AvgIpc) is 2.35. The summed E-state index contributed by atoms with van der Waals surface area (Å²) < 4.78 is 0. The molecule has 6 nitrogen and oxygen atoms in total. The van der Waals surface area contributed by atoms with E-state index in [9.17, 15) is 20.3 Å². The van der Waals surface area contributed by atoms with E-state index in [-0.39, 0.29) is 18.9 Å². The summed E-state index contributed by atoms with van der Waals surface area (Å²) in [5.74, 6) is 0. The summed E-state index contributed by atoms with van der Waals surface area (Å²) in [7, 11) is 0. The minimum Gasteiger partial charge on any atom is -0.394 e. The highest BCUT2D eigenvalue weighted by Crippen LogP contribution is 2.24. The molecule has 0 unspecified atom stereocenters. The lowest BCUT2D eigenvalue weighted by Crippen LogP contribution is -2.45. The van der Waals surface area contributed by atoms with Crippen molar-refractivity contribution in [2.75, 3.05) is 18.5 Å². The number of hydrogen-bond acceptors (Lipinski definition) is 5. The van der Waals surface area contributed by atoms with E-state index in [4.69, 9.17) is 0 Å². The maximum absolute atomic E-state index is 10.8. The molecule has 0 aliphatic carbocycles. The van der Waals surface area contributed by atoms with E-state index in [2.05, 4.69) is 5.32 Å². The van der Waals surface area contributed by atoms with Crippen molar-refractivity contribution in [2.24, 2.45) is 0 Å². The van der Waals surface area contributed by atoms with Crippen molar-refractivity contribution in [3.05, 3.63) is 33.9 Å². The Bertz CT molecular complexity index is 422. The number of anilines is 1. The van der Waals surface area contributed by atoms with Crippen molar-refractivity contribution in [1.82, 2.24) is 0 Å². The Morgan fingerprint density at radius 3 is 2.39 bits per heavy atom. The van der Waals surface area contributed by atoms with Crippen LogP contribution in [-0.2, 0) is 0 Å². The third kappa shape index (κ3) is 3.18. The Morgan fingerprint density at radius 1 is 1.33 bits per heavy atom. The third-order valence-corrected chi connectivity index (χ3v) is 2.96.